The van der Waals surface area contributed by atoms with Crippen molar-refractivity contribution in [1.29, 1.82) is 0 Å². The lowest BCUT2D eigenvalue weighted by molar-refractivity contribution is -0.137. The van der Waals surface area contributed by atoms with Crippen LogP contribution in [0, 0.1) is 0 Å². The number of para-hydroxylation sites is 1. The van der Waals surface area contributed by atoms with Crippen molar-refractivity contribution >= 4 is 11.6 Å². The van der Waals surface area contributed by atoms with E-state index in [1.54, 1.807) is 12.1 Å². The summed E-state index contributed by atoms with van der Waals surface area (Å²) < 4.78 is 43.8. The van der Waals surface area contributed by atoms with E-state index in [2.05, 4.69) is 5.32 Å². The molecular weight excluding hydrogens is 355 g/mol. The average molecular weight is 371 g/mol. The summed E-state index contributed by atoms with van der Waals surface area (Å²) in [5.41, 5.74) is 1.00. The molecule has 0 radical (unpaired) electrons. The van der Waals surface area contributed by atoms with Gasteiger partial charge in [0.05, 0.1) is 5.56 Å². The minimum Gasteiger partial charge on any atom is -0.483 e. The number of anilines is 1. The molecule has 0 aromatic heterocycles. The van der Waals surface area contributed by atoms with E-state index in [0.717, 1.165) is 23.3 Å². The minimum absolute atomic E-state index is 0.0646. The molecule has 3 rings (SSSR count). The van der Waals surface area contributed by atoms with Crippen LogP contribution in [0.2, 0.25) is 0 Å². The van der Waals surface area contributed by atoms with E-state index in [0.29, 0.717) is 5.75 Å². The lowest BCUT2D eigenvalue weighted by Crippen LogP contribution is -2.20. The standard InChI is InChI=1S/C21H16F3NO2/c22-21(23,24)16-9-6-10-17(13-16)25-20(26)14-27-19-12-5-4-11-18(19)15-7-2-1-3-8-15/h1-13H,14H2,(H,25,26). The summed E-state index contributed by atoms with van der Waals surface area (Å²) in [6.07, 6.45) is -4.47. The third kappa shape index (κ3) is 4.88. The topological polar surface area (TPSA) is 38.3 Å². The molecule has 1 N–H and O–H groups in total. The average Bonchev–Trinajstić information content (AvgIpc) is 2.67. The first-order chi connectivity index (χ1) is 12.9. The summed E-state index contributed by atoms with van der Waals surface area (Å²) in [6, 6.07) is 21.2. The van der Waals surface area contributed by atoms with Gasteiger partial charge in [0, 0.05) is 11.3 Å². The first kappa shape index (κ1) is 18.5. The number of halogens is 3. The number of benzene rings is 3. The van der Waals surface area contributed by atoms with Crippen molar-refractivity contribution in [3.05, 3.63) is 84.4 Å². The van der Waals surface area contributed by atoms with Crippen LogP contribution in [0.25, 0.3) is 11.1 Å². The van der Waals surface area contributed by atoms with Gasteiger partial charge in [-0.1, -0.05) is 54.6 Å². The van der Waals surface area contributed by atoms with Crippen molar-refractivity contribution in [1.82, 2.24) is 0 Å². The van der Waals surface area contributed by atoms with Gasteiger partial charge in [0.1, 0.15) is 5.75 Å². The fraction of sp³-hybridized carbons (Fsp3) is 0.0952. The van der Waals surface area contributed by atoms with Gasteiger partial charge in [-0.2, -0.15) is 13.2 Å². The molecule has 0 aliphatic carbocycles. The molecule has 0 heterocycles. The Balaban J connectivity index is 1.67. The quantitative estimate of drug-likeness (QED) is 0.653. The van der Waals surface area contributed by atoms with Crippen LogP contribution in [0.15, 0.2) is 78.9 Å². The number of hydrogen-bond acceptors (Lipinski definition) is 2. The maximum Gasteiger partial charge on any atom is 0.416 e. The molecule has 0 unspecified atom stereocenters. The van der Waals surface area contributed by atoms with Crippen LogP contribution in [0.1, 0.15) is 5.56 Å². The zero-order valence-electron chi connectivity index (χ0n) is 14.2. The van der Waals surface area contributed by atoms with Gasteiger partial charge in [-0.15, -0.1) is 0 Å². The number of ether oxygens (including phenoxy) is 1. The number of rotatable bonds is 5. The Kier molecular flexibility index (Phi) is 5.45. The summed E-state index contributed by atoms with van der Waals surface area (Å²) in [7, 11) is 0. The van der Waals surface area contributed by atoms with Crippen molar-refractivity contribution in [2.24, 2.45) is 0 Å². The summed E-state index contributed by atoms with van der Waals surface area (Å²) in [6.45, 7) is -0.319. The number of hydrogen-bond donors (Lipinski definition) is 1. The monoisotopic (exact) mass is 371 g/mol. The summed E-state index contributed by atoms with van der Waals surface area (Å²) in [4.78, 5) is 12.1. The van der Waals surface area contributed by atoms with Gasteiger partial charge in [-0.3, -0.25) is 4.79 Å². The van der Waals surface area contributed by atoms with E-state index in [1.165, 1.54) is 12.1 Å². The number of alkyl halides is 3. The van der Waals surface area contributed by atoms with E-state index in [-0.39, 0.29) is 12.3 Å². The van der Waals surface area contributed by atoms with Crippen LogP contribution in [0.4, 0.5) is 18.9 Å². The highest BCUT2D eigenvalue weighted by molar-refractivity contribution is 5.92. The van der Waals surface area contributed by atoms with Crippen LogP contribution in [-0.4, -0.2) is 12.5 Å². The molecule has 0 fully saturated rings. The highest BCUT2D eigenvalue weighted by Gasteiger charge is 2.30. The molecule has 0 atom stereocenters. The molecule has 27 heavy (non-hydrogen) atoms. The van der Waals surface area contributed by atoms with E-state index in [1.807, 2.05) is 42.5 Å². The Morgan fingerprint density at radius 2 is 1.59 bits per heavy atom. The molecule has 0 aliphatic heterocycles. The van der Waals surface area contributed by atoms with Gasteiger partial charge in [0.2, 0.25) is 0 Å². The zero-order chi connectivity index (χ0) is 19.3. The molecule has 1 amide bonds. The molecule has 138 valence electrons. The second-order valence-corrected chi connectivity index (χ2v) is 5.78. The van der Waals surface area contributed by atoms with Crippen LogP contribution in [-0.2, 0) is 11.0 Å². The van der Waals surface area contributed by atoms with Crippen molar-refractivity contribution in [3.63, 3.8) is 0 Å². The first-order valence-electron chi connectivity index (χ1n) is 8.18. The number of nitrogens with one attached hydrogen (secondary N) is 1. The van der Waals surface area contributed by atoms with E-state index in [9.17, 15) is 18.0 Å². The normalized spacial score (nSPS) is 11.1. The van der Waals surface area contributed by atoms with Gasteiger partial charge in [-0.05, 0) is 29.8 Å². The predicted octanol–water partition coefficient (Wildman–Crippen LogP) is 5.39. The molecule has 0 bridgehead atoms. The first-order valence-corrected chi connectivity index (χ1v) is 8.18. The molecule has 0 saturated heterocycles. The largest absolute Gasteiger partial charge is 0.483 e. The Morgan fingerprint density at radius 3 is 2.33 bits per heavy atom. The zero-order valence-corrected chi connectivity index (χ0v) is 14.2. The Hall–Kier alpha value is -3.28. The van der Waals surface area contributed by atoms with Crippen molar-refractivity contribution in [3.8, 4) is 16.9 Å². The number of carbonyl (C=O) groups is 1. The van der Waals surface area contributed by atoms with Gasteiger partial charge >= 0.3 is 6.18 Å². The third-order valence-electron chi connectivity index (χ3n) is 3.80. The number of carbonyl (C=O) groups excluding carboxylic acids is 1. The second-order valence-electron chi connectivity index (χ2n) is 5.78. The Labute approximate surface area is 154 Å². The predicted molar refractivity (Wildman–Crippen MR) is 97.4 cm³/mol. The highest BCUT2D eigenvalue weighted by atomic mass is 19.4. The fourth-order valence-electron chi connectivity index (χ4n) is 2.56. The van der Waals surface area contributed by atoms with Crippen molar-refractivity contribution < 1.29 is 22.7 Å². The molecule has 0 spiro atoms. The lowest BCUT2D eigenvalue weighted by atomic mass is 10.1. The molecular formula is C21H16F3NO2. The van der Waals surface area contributed by atoms with E-state index < -0.39 is 17.6 Å². The van der Waals surface area contributed by atoms with Crippen LogP contribution >= 0.6 is 0 Å². The Morgan fingerprint density at radius 1 is 0.889 bits per heavy atom. The summed E-state index contributed by atoms with van der Waals surface area (Å²) in [5.74, 6) is -0.0277. The Bertz CT molecular complexity index is 924. The van der Waals surface area contributed by atoms with Crippen molar-refractivity contribution in [2.75, 3.05) is 11.9 Å². The minimum atomic E-state index is -4.47. The highest BCUT2D eigenvalue weighted by Crippen LogP contribution is 2.31. The second kappa shape index (κ2) is 7.95. The maximum atomic E-state index is 12.7. The summed E-state index contributed by atoms with van der Waals surface area (Å²) >= 11 is 0. The summed E-state index contributed by atoms with van der Waals surface area (Å²) in [5, 5.41) is 2.42. The fourth-order valence-corrected chi connectivity index (χ4v) is 2.56. The van der Waals surface area contributed by atoms with Crippen molar-refractivity contribution in [2.45, 2.75) is 6.18 Å². The van der Waals surface area contributed by atoms with Gasteiger partial charge in [0.25, 0.3) is 5.91 Å². The van der Waals surface area contributed by atoms with Crippen LogP contribution in [0.3, 0.4) is 0 Å². The van der Waals surface area contributed by atoms with Crippen LogP contribution in [0.5, 0.6) is 5.75 Å². The molecule has 3 aromatic carbocycles. The van der Waals surface area contributed by atoms with Crippen LogP contribution < -0.4 is 10.1 Å². The SMILES string of the molecule is O=C(COc1ccccc1-c1ccccc1)Nc1cccc(C(F)(F)F)c1. The van der Waals surface area contributed by atoms with Gasteiger partial charge < -0.3 is 10.1 Å². The third-order valence-corrected chi connectivity index (χ3v) is 3.80. The lowest BCUT2D eigenvalue weighted by Gasteiger charge is -2.12. The number of amides is 1. The van der Waals surface area contributed by atoms with Gasteiger partial charge in [0.15, 0.2) is 6.61 Å². The molecule has 0 aliphatic rings. The molecule has 3 nitrogen and oxygen atoms in total. The van der Waals surface area contributed by atoms with E-state index >= 15 is 0 Å². The maximum absolute atomic E-state index is 12.7. The molecule has 0 saturated carbocycles. The van der Waals surface area contributed by atoms with E-state index in [4.69, 9.17) is 4.74 Å². The molecule has 6 heteroatoms. The molecule has 3 aromatic rings. The van der Waals surface area contributed by atoms with Gasteiger partial charge in [-0.25, -0.2) is 0 Å². The smallest absolute Gasteiger partial charge is 0.416 e.